The second-order valence-corrected chi connectivity index (χ2v) is 5.48. The number of halogens is 2. The molecule has 3 nitrogen and oxygen atoms in total. The van der Waals surface area contributed by atoms with Gasteiger partial charge in [-0.1, -0.05) is 20.8 Å². The summed E-state index contributed by atoms with van der Waals surface area (Å²) in [6.07, 6.45) is 0. The zero-order valence-electron chi connectivity index (χ0n) is 10.5. The standard InChI is InChI=1S/C13H15F2NO2/c1-13(2,3)8-6-18-10-5-7(14)4-9(15)11(10)16-12(8)17/h4-5,8H,6H2,1-3H3,(H,16,17). The fourth-order valence-corrected chi connectivity index (χ4v) is 1.89. The first-order valence-electron chi connectivity index (χ1n) is 5.72. The van der Waals surface area contributed by atoms with E-state index in [0.29, 0.717) is 0 Å². The first-order valence-corrected chi connectivity index (χ1v) is 5.72. The summed E-state index contributed by atoms with van der Waals surface area (Å²) in [6.45, 7) is 5.79. The van der Waals surface area contributed by atoms with Crippen LogP contribution in [0.5, 0.6) is 5.75 Å². The van der Waals surface area contributed by atoms with Crippen LogP contribution in [0.1, 0.15) is 20.8 Å². The maximum absolute atomic E-state index is 13.6. The summed E-state index contributed by atoms with van der Waals surface area (Å²) >= 11 is 0. The highest BCUT2D eigenvalue weighted by molar-refractivity contribution is 5.95. The van der Waals surface area contributed by atoms with Gasteiger partial charge < -0.3 is 10.1 Å². The topological polar surface area (TPSA) is 38.3 Å². The molecule has 1 N–H and O–H groups in total. The number of hydrogen-bond acceptors (Lipinski definition) is 2. The molecule has 1 aliphatic rings. The lowest BCUT2D eigenvalue weighted by Gasteiger charge is -2.27. The summed E-state index contributed by atoms with van der Waals surface area (Å²) < 4.78 is 32.0. The normalized spacial score (nSPS) is 19.6. The minimum atomic E-state index is -0.826. The van der Waals surface area contributed by atoms with E-state index in [1.54, 1.807) is 0 Å². The van der Waals surface area contributed by atoms with E-state index in [-0.39, 0.29) is 29.4 Å². The third-order valence-corrected chi connectivity index (χ3v) is 3.03. The van der Waals surface area contributed by atoms with Crippen LogP contribution < -0.4 is 10.1 Å². The van der Waals surface area contributed by atoms with Crippen LogP contribution in [0.4, 0.5) is 14.5 Å². The lowest BCUT2D eigenvalue weighted by Crippen LogP contribution is -2.35. The molecule has 2 rings (SSSR count). The fourth-order valence-electron chi connectivity index (χ4n) is 1.89. The molecule has 0 fully saturated rings. The van der Waals surface area contributed by atoms with Gasteiger partial charge in [0.15, 0.2) is 5.82 Å². The van der Waals surface area contributed by atoms with Crippen LogP contribution in [0.3, 0.4) is 0 Å². The SMILES string of the molecule is CC(C)(C)C1COc2cc(F)cc(F)c2NC1=O. The molecule has 1 unspecified atom stereocenters. The van der Waals surface area contributed by atoms with Crippen molar-refractivity contribution in [3.63, 3.8) is 0 Å². The lowest BCUT2D eigenvalue weighted by molar-refractivity contribution is -0.123. The van der Waals surface area contributed by atoms with Crippen molar-refractivity contribution in [2.24, 2.45) is 11.3 Å². The highest BCUT2D eigenvalue weighted by Gasteiger charge is 2.35. The molecule has 1 amide bonds. The van der Waals surface area contributed by atoms with Crippen molar-refractivity contribution >= 4 is 11.6 Å². The van der Waals surface area contributed by atoms with E-state index in [1.807, 2.05) is 20.8 Å². The lowest BCUT2D eigenvalue weighted by atomic mass is 9.80. The number of carbonyl (C=O) groups excluding carboxylic acids is 1. The number of anilines is 1. The summed E-state index contributed by atoms with van der Waals surface area (Å²) in [4.78, 5) is 12.0. The van der Waals surface area contributed by atoms with Gasteiger partial charge in [0.05, 0.1) is 5.92 Å². The Morgan fingerprint density at radius 1 is 1.33 bits per heavy atom. The smallest absolute Gasteiger partial charge is 0.231 e. The van der Waals surface area contributed by atoms with Gasteiger partial charge in [0.2, 0.25) is 5.91 Å². The average molecular weight is 255 g/mol. The highest BCUT2D eigenvalue weighted by Crippen LogP contribution is 2.36. The predicted octanol–water partition coefficient (Wildman–Crippen LogP) is 2.96. The van der Waals surface area contributed by atoms with Crippen molar-refractivity contribution in [2.45, 2.75) is 20.8 Å². The molecular weight excluding hydrogens is 240 g/mol. The van der Waals surface area contributed by atoms with Crippen molar-refractivity contribution in [1.82, 2.24) is 0 Å². The van der Waals surface area contributed by atoms with Crippen LogP contribution in [-0.2, 0) is 4.79 Å². The molecule has 1 aromatic carbocycles. The molecule has 5 heteroatoms. The van der Waals surface area contributed by atoms with E-state index < -0.39 is 17.6 Å². The second-order valence-electron chi connectivity index (χ2n) is 5.48. The third kappa shape index (κ3) is 2.30. The first-order chi connectivity index (χ1) is 8.29. The van der Waals surface area contributed by atoms with Gasteiger partial charge >= 0.3 is 0 Å². The number of rotatable bonds is 0. The Kier molecular flexibility index (Phi) is 3.00. The summed E-state index contributed by atoms with van der Waals surface area (Å²) in [5.74, 6) is -2.26. The summed E-state index contributed by atoms with van der Waals surface area (Å²) in [5.41, 5.74) is -0.408. The quantitative estimate of drug-likeness (QED) is 0.774. The van der Waals surface area contributed by atoms with Crippen LogP contribution >= 0.6 is 0 Å². The number of carbonyl (C=O) groups is 1. The van der Waals surface area contributed by atoms with Gasteiger partial charge in [-0.25, -0.2) is 8.78 Å². The van der Waals surface area contributed by atoms with E-state index >= 15 is 0 Å². The molecule has 0 spiro atoms. The Morgan fingerprint density at radius 2 is 2.00 bits per heavy atom. The second kappa shape index (κ2) is 4.23. The van der Waals surface area contributed by atoms with Gasteiger partial charge in [0.1, 0.15) is 23.9 Å². The average Bonchev–Trinajstić information content (AvgIpc) is 2.36. The monoisotopic (exact) mass is 255 g/mol. The minimum absolute atomic E-state index is 0.0348. The number of ether oxygens (including phenoxy) is 1. The predicted molar refractivity (Wildman–Crippen MR) is 63.4 cm³/mol. The Bertz CT molecular complexity index is 494. The number of fused-ring (bicyclic) bond motifs is 1. The molecule has 0 saturated heterocycles. The highest BCUT2D eigenvalue weighted by atomic mass is 19.1. The third-order valence-electron chi connectivity index (χ3n) is 3.03. The maximum atomic E-state index is 13.6. The summed E-state index contributed by atoms with van der Waals surface area (Å²) in [7, 11) is 0. The fraction of sp³-hybridized carbons (Fsp3) is 0.462. The molecule has 0 radical (unpaired) electrons. The van der Waals surface area contributed by atoms with Gasteiger partial charge in [0, 0.05) is 12.1 Å². The van der Waals surface area contributed by atoms with Crippen LogP contribution in [0, 0.1) is 23.0 Å². The number of amides is 1. The van der Waals surface area contributed by atoms with Gasteiger partial charge in [-0.15, -0.1) is 0 Å². The molecule has 18 heavy (non-hydrogen) atoms. The Morgan fingerprint density at radius 3 is 2.61 bits per heavy atom. The molecule has 0 aliphatic carbocycles. The van der Waals surface area contributed by atoms with Gasteiger partial charge in [0.25, 0.3) is 0 Å². The molecular formula is C13H15F2NO2. The molecule has 1 atom stereocenters. The number of benzene rings is 1. The van der Waals surface area contributed by atoms with Crippen molar-refractivity contribution in [2.75, 3.05) is 11.9 Å². The van der Waals surface area contributed by atoms with E-state index in [2.05, 4.69) is 5.32 Å². The summed E-state index contributed by atoms with van der Waals surface area (Å²) in [5, 5.41) is 2.47. The van der Waals surface area contributed by atoms with E-state index in [1.165, 1.54) is 0 Å². The van der Waals surface area contributed by atoms with Crippen molar-refractivity contribution in [3.8, 4) is 5.75 Å². The Balaban J connectivity index is 2.39. The van der Waals surface area contributed by atoms with Crippen LogP contribution in [0.15, 0.2) is 12.1 Å². The van der Waals surface area contributed by atoms with E-state index in [0.717, 1.165) is 12.1 Å². The number of nitrogens with one attached hydrogen (secondary N) is 1. The zero-order chi connectivity index (χ0) is 13.5. The maximum Gasteiger partial charge on any atom is 0.231 e. The number of hydrogen-bond donors (Lipinski definition) is 1. The van der Waals surface area contributed by atoms with E-state index in [4.69, 9.17) is 4.74 Å². The van der Waals surface area contributed by atoms with Crippen molar-refractivity contribution in [1.29, 1.82) is 0 Å². The molecule has 0 aromatic heterocycles. The molecule has 1 aliphatic heterocycles. The Hall–Kier alpha value is -1.65. The molecule has 0 saturated carbocycles. The van der Waals surface area contributed by atoms with Crippen LogP contribution in [0.2, 0.25) is 0 Å². The largest absolute Gasteiger partial charge is 0.490 e. The molecule has 98 valence electrons. The van der Waals surface area contributed by atoms with Crippen LogP contribution in [0.25, 0.3) is 0 Å². The first kappa shape index (κ1) is 12.8. The zero-order valence-corrected chi connectivity index (χ0v) is 10.5. The molecule has 0 bridgehead atoms. The van der Waals surface area contributed by atoms with Gasteiger partial charge in [-0.2, -0.15) is 0 Å². The van der Waals surface area contributed by atoms with E-state index in [9.17, 15) is 13.6 Å². The Labute approximate surface area is 104 Å². The van der Waals surface area contributed by atoms with Gasteiger partial charge in [-0.3, -0.25) is 4.79 Å². The van der Waals surface area contributed by atoms with Gasteiger partial charge in [-0.05, 0) is 5.41 Å². The summed E-state index contributed by atoms with van der Waals surface area (Å²) in [6, 6.07) is 1.80. The molecule has 1 heterocycles. The van der Waals surface area contributed by atoms with Crippen molar-refractivity contribution < 1.29 is 18.3 Å². The minimum Gasteiger partial charge on any atom is -0.490 e. The van der Waals surface area contributed by atoms with Crippen molar-refractivity contribution in [3.05, 3.63) is 23.8 Å². The van der Waals surface area contributed by atoms with Crippen LogP contribution in [-0.4, -0.2) is 12.5 Å². The molecule has 1 aromatic rings.